The summed E-state index contributed by atoms with van der Waals surface area (Å²) in [4.78, 5) is 13.2. The molecular weight excluding hydrogens is 310 g/mol. The van der Waals surface area contributed by atoms with Gasteiger partial charge in [-0.1, -0.05) is 12.1 Å². The van der Waals surface area contributed by atoms with Crippen LogP contribution < -0.4 is 15.8 Å². The van der Waals surface area contributed by atoms with Gasteiger partial charge in [0.1, 0.15) is 11.4 Å². The van der Waals surface area contributed by atoms with Crippen LogP contribution in [0.3, 0.4) is 0 Å². The Bertz CT molecular complexity index is 559. The van der Waals surface area contributed by atoms with Gasteiger partial charge in [-0.15, -0.1) is 0 Å². The Kier molecular flexibility index (Phi) is 5.68. The van der Waals surface area contributed by atoms with Gasteiger partial charge in [-0.3, -0.25) is 9.69 Å². The molecule has 3 N–H and O–H groups in total. The minimum Gasteiger partial charge on any atom is -0.484 e. The van der Waals surface area contributed by atoms with Gasteiger partial charge in [-0.05, 0) is 17.7 Å². The monoisotopic (exact) mass is 335 g/mol. The number of carbonyl (C=O) groups is 1. The molecule has 7 nitrogen and oxygen atoms in total. The predicted molar refractivity (Wildman–Crippen MR) is 88.8 cm³/mol. The lowest BCUT2D eigenvalue weighted by Crippen LogP contribution is -2.57. The Morgan fingerprint density at radius 2 is 2.33 bits per heavy atom. The summed E-state index contributed by atoms with van der Waals surface area (Å²) in [5, 5.41) is 3.39. The average Bonchev–Trinajstić information content (AvgIpc) is 2.79. The number of hydrogen-bond acceptors (Lipinski definition) is 6. The largest absolute Gasteiger partial charge is 0.484 e. The van der Waals surface area contributed by atoms with E-state index in [-0.39, 0.29) is 12.2 Å². The Morgan fingerprint density at radius 3 is 3.21 bits per heavy atom. The molecule has 3 rings (SSSR count). The predicted octanol–water partition coefficient (Wildman–Crippen LogP) is -0.258. The fourth-order valence-corrected chi connectivity index (χ4v) is 3.17. The van der Waals surface area contributed by atoms with E-state index in [1.54, 1.807) is 0 Å². The number of nitrogens with zero attached hydrogens (tertiary/aromatic N) is 1. The van der Waals surface area contributed by atoms with E-state index in [4.69, 9.17) is 19.9 Å². The molecule has 132 valence electrons. The molecule has 0 aromatic heterocycles. The number of morpholine rings is 1. The second-order valence-electron chi connectivity index (χ2n) is 6.37. The zero-order valence-corrected chi connectivity index (χ0v) is 13.8. The van der Waals surface area contributed by atoms with E-state index in [9.17, 15) is 4.79 Å². The highest BCUT2D eigenvalue weighted by Crippen LogP contribution is 2.22. The van der Waals surface area contributed by atoms with Gasteiger partial charge in [-0.25, -0.2) is 0 Å². The van der Waals surface area contributed by atoms with Crippen LogP contribution in [0.5, 0.6) is 5.75 Å². The third kappa shape index (κ3) is 4.67. The summed E-state index contributed by atoms with van der Waals surface area (Å²) >= 11 is 0. The van der Waals surface area contributed by atoms with Crippen LogP contribution in [0.4, 0.5) is 0 Å². The molecular formula is C17H25N3O4. The first kappa shape index (κ1) is 17.2. The van der Waals surface area contributed by atoms with Crippen molar-refractivity contribution in [2.45, 2.75) is 12.1 Å². The van der Waals surface area contributed by atoms with E-state index in [1.807, 2.05) is 18.2 Å². The lowest BCUT2D eigenvalue weighted by Gasteiger charge is -2.41. The normalized spacial score (nSPS) is 25.3. The molecule has 0 radical (unpaired) electrons. The van der Waals surface area contributed by atoms with Gasteiger partial charge in [0.25, 0.3) is 5.91 Å². The van der Waals surface area contributed by atoms with Crippen molar-refractivity contribution in [2.24, 2.45) is 5.73 Å². The van der Waals surface area contributed by atoms with E-state index >= 15 is 0 Å². The summed E-state index contributed by atoms with van der Waals surface area (Å²) in [5.41, 5.74) is 5.98. The molecule has 7 heteroatoms. The van der Waals surface area contributed by atoms with E-state index < -0.39 is 5.91 Å². The molecule has 2 fully saturated rings. The Labute approximate surface area is 142 Å². The van der Waals surface area contributed by atoms with Crippen molar-refractivity contribution in [3.05, 3.63) is 29.8 Å². The molecule has 0 bridgehead atoms. The molecule has 0 aliphatic carbocycles. The highest BCUT2D eigenvalue weighted by Gasteiger charge is 2.37. The summed E-state index contributed by atoms with van der Waals surface area (Å²) in [6.07, 6.45) is 0. The SMILES string of the molecule is NC(=O)COc1cccc(CN2CCO[C@]3(CNCCOC3)C2)c1. The number of nitrogens with two attached hydrogens (primary N) is 1. The number of hydrogen-bond donors (Lipinski definition) is 2. The Hall–Kier alpha value is -1.67. The van der Waals surface area contributed by atoms with Crippen LogP contribution >= 0.6 is 0 Å². The van der Waals surface area contributed by atoms with Gasteiger partial charge < -0.3 is 25.3 Å². The summed E-state index contributed by atoms with van der Waals surface area (Å²) in [7, 11) is 0. The smallest absolute Gasteiger partial charge is 0.255 e. The molecule has 2 aliphatic heterocycles. The average molecular weight is 335 g/mol. The molecule has 1 aromatic carbocycles. The van der Waals surface area contributed by atoms with Crippen molar-refractivity contribution in [1.82, 2.24) is 10.2 Å². The molecule has 2 aliphatic rings. The van der Waals surface area contributed by atoms with Crippen LogP contribution in [-0.2, 0) is 20.8 Å². The minimum atomic E-state index is -0.476. The van der Waals surface area contributed by atoms with E-state index in [1.165, 1.54) is 0 Å². The zero-order valence-electron chi connectivity index (χ0n) is 13.8. The first-order chi connectivity index (χ1) is 11.7. The summed E-state index contributed by atoms with van der Waals surface area (Å²) in [5.74, 6) is 0.185. The second-order valence-corrected chi connectivity index (χ2v) is 6.37. The van der Waals surface area contributed by atoms with Crippen molar-refractivity contribution >= 4 is 5.91 Å². The van der Waals surface area contributed by atoms with E-state index in [0.717, 1.165) is 44.9 Å². The standard InChI is InChI=1S/C17H25N3O4/c18-16(21)10-23-15-3-1-2-14(8-15)9-20-5-7-24-17(12-20)11-19-4-6-22-13-17/h1-3,8,19H,4-7,9-13H2,(H2,18,21)/t17-/m1/s1. The molecule has 1 spiro atoms. The first-order valence-corrected chi connectivity index (χ1v) is 8.30. The maximum atomic E-state index is 10.8. The molecule has 2 heterocycles. The Balaban J connectivity index is 1.60. The maximum Gasteiger partial charge on any atom is 0.255 e. The van der Waals surface area contributed by atoms with Gasteiger partial charge in [0.15, 0.2) is 6.61 Å². The van der Waals surface area contributed by atoms with Crippen LogP contribution in [0, 0.1) is 0 Å². The third-order valence-corrected chi connectivity index (χ3v) is 4.25. The Morgan fingerprint density at radius 1 is 1.42 bits per heavy atom. The van der Waals surface area contributed by atoms with Crippen LogP contribution in [0.25, 0.3) is 0 Å². The number of benzene rings is 1. The highest BCUT2D eigenvalue weighted by molar-refractivity contribution is 5.75. The van der Waals surface area contributed by atoms with Crippen molar-refractivity contribution in [3.63, 3.8) is 0 Å². The van der Waals surface area contributed by atoms with Crippen molar-refractivity contribution in [1.29, 1.82) is 0 Å². The fourth-order valence-electron chi connectivity index (χ4n) is 3.17. The van der Waals surface area contributed by atoms with Crippen LogP contribution in [0.15, 0.2) is 24.3 Å². The van der Waals surface area contributed by atoms with Gasteiger partial charge in [0.05, 0.1) is 19.8 Å². The van der Waals surface area contributed by atoms with Crippen molar-refractivity contribution in [2.75, 3.05) is 52.6 Å². The summed E-state index contributed by atoms with van der Waals surface area (Å²) in [6.45, 7) is 6.13. The van der Waals surface area contributed by atoms with Crippen molar-refractivity contribution < 1.29 is 19.0 Å². The zero-order chi connectivity index (χ0) is 16.8. The third-order valence-electron chi connectivity index (χ3n) is 4.25. The number of primary amides is 1. The van der Waals surface area contributed by atoms with Crippen LogP contribution in [0.1, 0.15) is 5.56 Å². The molecule has 0 saturated carbocycles. The molecule has 24 heavy (non-hydrogen) atoms. The molecule has 2 saturated heterocycles. The second kappa shape index (κ2) is 7.94. The number of ether oxygens (including phenoxy) is 3. The fraction of sp³-hybridized carbons (Fsp3) is 0.588. The number of rotatable bonds is 5. The number of amides is 1. The minimum absolute atomic E-state index is 0.104. The molecule has 1 amide bonds. The molecule has 0 unspecified atom stereocenters. The van der Waals surface area contributed by atoms with Gasteiger partial charge in [0.2, 0.25) is 0 Å². The maximum absolute atomic E-state index is 10.8. The number of carbonyl (C=O) groups excluding carboxylic acids is 1. The van der Waals surface area contributed by atoms with E-state index in [2.05, 4.69) is 16.3 Å². The highest BCUT2D eigenvalue weighted by atomic mass is 16.5. The molecule has 1 aromatic rings. The lowest BCUT2D eigenvalue weighted by molar-refractivity contribution is -0.135. The van der Waals surface area contributed by atoms with Crippen LogP contribution in [-0.4, -0.2) is 69.0 Å². The van der Waals surface area contributed by atoms with Crippen molar-refractivity contribution in [3.8, 4) is 5.75 Å². The summed E-state index contributed by atoms with van der Waals surface area (Å²) < 4.78 is 17.1. The lowest BCUT2D eigenvalue weighted by atomic mass is 10.0. The summed E-state index contributed by atoms with van der Waals surface area (Å²) in [6, 6.07) is 7.77. The first-order valence-electron chi connectivity index (χ1n) is 8.30. The van der Waals surface area contributed by atoms with Gasteiger partial charge in [0, 0.05) is 32.7 Å². The topological polar surface area (TPSA) is 86.1 Å². The van der Waals surface area contributed by atoms with E-state index in [0.29, 0.717) is 19.0 Å². The number of nitrogens with one attached hydrogen (secondary N) is 1. The quantitative estimate of drug-likeness (QED) is 0.771. The molecule has 1 atom stereocenters. The van der Waals surface area contributed by atoms with Crippen LogP contribution in [0.2, 0.25) is 0 Å². The van der Waals surface area contributed by atoms with Gasteiger partial charge in [-0.2, -0.15) is 0 Å². The van der Waals surface area contributed by atoms with Gasteiger partial charge >= 0.3 is 0 Å².